The van der Waals surface area contributed by atoms with E-state index in [0.29, 0.717) is 12.3 Å². The van der Waals surface area contributed by atoms with E-state index < -0.39 is 11.5 Å². The Hall–Kier alpha value is -1.62. The highest BCUT2D eigenvalue weighted by molar-refractivity contribution is 5.80. The summed E-state index contributed by atoms with van der Waals surface area (Å²) in [5.74, 6) is -0.652. The van der Waals surface area contributed by atoms with Crippen LogP contribution < -0.4 is 10.1 Å². The first kappa shape index (κ1) is 13.8. The number of halogens is 1. The number of carboxylic acids is 1. The van der Waals surface area contributed by atoms with Crippen molar-refractivity contribution >= 4 is 5.97 Å². The molecule has 0 amide bonds. The first-order valence-electron chi connectivity index (χ1n) is 6.45. The SMILES string of the molecule is CCNC(COc1ccc(F)cc1)(C(=O)O)C1CC1. The van der Waals surface area contributed by atoms with Crippen molar-refractivity contribution in [1.29, 1.82) is 0 Å². The van der Waals surface area contributed by atoms with Crippen LogP contribution in [0.2, 0.25) is 0 Å². The molecule has 1 fully saturated rings. The molecule has 1 saturated carbocycles. The average molecular weight is 267 g/mol. The van der Waals surface area contributed by atoms with Crippen LogP contribution in [0, 0.1) is 11.7 Å². The summed E-state index contributed by atoms with van der Waals surface area (Å²) < 4.78 is 18.3. The number of carboxylic acid groups (broad SMARTS) is 1. The van der Waals surface area contributed by atoms with Gasteiger partial charge < -0.3 is 9.84 Å². The van der Waals surface area contributed by atoms with Crippen LogP contribution in [0.5, 0.6) is 5.75 Å². The van der Waals surface area contributed by atoms with Crippen molar-refractivity contribution in [2.45, 2.75) is 25.3 Å². The number of benzene rings is 1. The Balaban J connectivity index is 2.07. The highest BCUT2D eigenvalue weighted by Crippen LogP contribution is 2.40. The van der Waals surface area contributed by atoms with Crippen molar-refractivity contribution in [3.05, 3.63) is 30.1 Å². The van der Waals surface area contributed by atoms with E-state index >= 15 is 0 Å². The van der Waals surface area contributed by atoms with Crippen LogP contribution in [0.25, 0.3) is 0 Å². The van der Waals surface area contributed by atoms with Crippen molar-refractivity contribution in [2.75, 3.05) is 13.2 Å². The summed E-state index contributed by atoms with van der Waals surface area (Å²) in [4.78, 5) is 11.6. The first-order chi connectivity index (χ1) is 9.08. The van der Waals surface area contributed by atoms with Crippen molar-refractivity contribution in [3.8, 4) is 5.75 Å². The van der Waals surface area contributed by atoms with Gasteiger partial charge in [0.05, 0.1) is 0 Å². The molecule has 0 heterocycles. The number of hydrogen-bond acceptors (Lipinski definition) is 3. The maximum atomic E-state index is 12.8. The summed E-state index contributed by atoms with van der Waals surface area (Å²) in [6.07, 6.45) is 1.79. The van der Waals surface area contributed by atoms with Gasteiger partial charge in [-0.25, -0.2) is 4.39 Å². The number of hydrogen-bond donors (Lipinski definition) is 2. The van der Waals surface area contributed by atoms with Crippen LogP contribution in [0.3, 0.4) is 0 Å². The van der Waals surface area contributed by atoms with Crippen molar-refractivity contribution in [2.24, 2.45) is 5.92 Å². The molecule has 0 saturated heterocycles. The van der Waals surface area contributed by atoms with Gasteiger partial charge in [-0.05, 0) is 49.6 Å². The predicted molar refractivity (Wildman–Crippen MR) is 68.7 cm³/mol. The molecule has 0 bridgehead atoms. The molecule has 1 unspecified atom stereocenters. The second kappa shape index (κ2) is 5.57. The Morgan fingerprint density at radius 1 is 1.47 bits per heavy atom. The third-order valence-electron chi connectivity index (χ3n) is 3.43. The molecule has 1 aromatic rings. The molecule has 0 aromatic heterocycles. The normalized spacial score (nSPS) is 17.8. The maximum Gasteiger partial charge on any atom is 0.327 e. The molecule has 5 heteroatoms. The molecular weight excluding hydrogens is 249 g/mol. The number of nitrogens with one attached hydrogen (secondary N) is 1. The van der Waals surface area contributed by atoms with Gasteiger partial charge in [0.1, 0.15) is 18.2 Å². The van der Waals surface area contributed by atoms with Crippen LogP contribution in [-0.4, -0.2) is 29.8 Å². The number of ether oxygens (including phenoxy) is 1. The number of carbonyl (C=O) groups is 1. The van der Waals surface area contributed by atoms with E-state index in [9.17, 15) is 14.3 Å². The minimum absolute atomic E-state index is 0.0481. The van der Waals surface area contributed by atoms with Crippen LogP contribution in [-0.2, 0) is 4.79 Å². The number of likely N-dealkylation sites (N-methyl/N-ethyl adjacent to an activating group) is 1. The Bertz CT molecular complexity index is 445. The number of rotatable bonds is 7. The highest BCUT2D eigenvalue weighted by Gasteiger charge is 2.51. The minimum atomic E-state index is -1.04. The zero-order chi connectivity index (χ0) is 13.9. The maximum absolute atomic E-state index is 12.8. The largest absolute Gasteiger partial charge is 0.491 e. The Morgan fingerprint density at radius 2 is 2.11 bits per heavy atom. The Kier molecular flexibility index (Phi) is 4.04. The second-order valence-corrected chi connectivity index (χ2v) is 4.82. The lowest BCUT2D eigenvalue weighted by molar-refractivity contribution is -0.147. The Morgan fingerprint density at radius 3 is 2.58 bits per heavy atom. The van der Waals surface area contributed by atoms with Crippen LogP contribution in [0.4, 0.5) is 4.39 Å². The summed E-state index contributed by atoms with van der Waals surface area (Å²) >= 11 is 0. The van der Waals surface area contributed by atoms with E-state index in [2.05, 4.69) is 5.32 Å². The molecule has 19 heavy (non-hydrogen) atoms. The van der Waals surface area contributed by atoms with Crippen LogP contribution in [0.1, 0.15) is 19.8 Å². The van der Waals surface area contributed by atoms with E-state index in [1.165, 1.54) is 24.3 Å². The molecule has 1 aromatic carbocycles. The van der Waals surface area contributed by atoms with Crippen molar-refractivity contribution in [1.82, 2.24) is 5.32 Å². The van der Waals surface area contributed by atoms with Gasteiger partial charge in [0, 0.05) is 0 Å². The summed E-state index contributed by atoms with van der Waals surface area (Å²) in [6, 6.07) is 5.59. The molecule has 4 nitrogen and oxygen atoms in total. The molecule has 104 valence electrons. The lowest BCUT2D eigenvalue weighted by atomic mass is 9.94. The quantitative estimate of drug-likeness (QED) is 0.794. The van der Waals surface area contributed by atoms with Gasteiger partial charge in [-0.2, -0.15) is 0 Å². The molecule has 0 radical (unpaired) electrons. The summed E-state index contributed by atoms with van der Waals surface area (Å²) in [5, 5.41) is 12.5. The van der Waals surface area contributed by atoms with E-state index in [1.807, 2.05) is 6.92 Å². The van der Waals surface area contributed by atoms with Gasteiger partial charge in [-0.3, -0.25) is 10.1 Å². The van der Waals surface area contributed by atoms with E-state index in [1.54, 1.807) is 0 Å². The smallest absolute Gasteiger partial charge is 0.327 e. The highest BCUT2D eigenvalue weighted by atomic mass is 19.1. The summed E-state index contributed by atoms with van der Waals surface area (Å²) in [7, 11) is 0. The van der Waals surface area contributed by atoms with E-state index in [-0.39, 0.29) is 18.3 Å². The molecular formula is C14H18FNO3. The molecule has 1 aliphatic carbocycles. The molecule has 0 aliphatic heterocycles. The monoisotopic (exact) mass is 267 g/mol. The fraction of sp³-hybridized carbons (Fsp3) is 0.500. The van der Waals surface area contributed by atoms with Crippen LogP contribution in [0.15, 0.2) is 24.3 Å². The zero-order valence-corrected chi connectivity index (χ0v) is 10.9. The second-order valence-electron chi connectivity index (χ2n) is 4.82. The standard InChI is InChI=1S/C14H18FNO3/c1-2-16-14(13(17)18,10-3-4-10)9-19-12-7-5-11(15)6-8-12/h5-8,10,16H,2-4,9H2,1H3,(H,17,18). The summed E-state index contributed by atoms with van der Waals surface area (Å²) in [5.41, 5.74) is -1.04. The zero-order valence-electron chi connectivity index (χ0n) is 10.9. The van der Waals surface area contributed by atoms with Gasteiger partial charge >= 0.3 is 5.97 Å². The van der Waals surface area contributed by atoms with Gasteiger partial charge in [0.15, 0.2) is 5.54 Å². The molecule has 1 atom stereocenters. The molecule has 2 rings (SSSR count). The fourth-order valence-electron chi connectivity index (χ4n) is 2.24. The van der Waals surface area contributed by atoms with E-state index in [4.69, 9.17) is 4.74 Å². The predicted octanol–water partition coefficient (Wildman–Crippen LogP) is 2.05. The van der Waals surface area contributed by atoms with Gasteiger partial charge in [-0.15, -0.1) is 0 Å². The van der Waals surface area contributed by atoms with Gasteiger partial charge in [-0.1, -0.05) is 6.92 Å². The van der Waals surface area contributed by atoms with E-state index in [0.717, 1.165) is 12.8 Å². The Labute approximate surface area is 111 Å². The average Bonchev–Trinajstić information content (AvgIpc) is 3.20. The molecule has 0 spiro atoms. The van der Waals surface area contributed by atoms with Crippen molar-refractivity contribution < 1.29 is 19.0 Å². The van der Waals surface area contributed by atoms with Crippen LogP contribution >= 0.6 is 0 Å². The third kappa shape index (κ3) is 3.04. The lowest BCUT2D eigenvalue weighted by Gasteiger charge is -2.30. The van der Waals surface area contributed by atoms with Gasteiger partial charge in [0.2, 0.25) is 0 Å². The molecule has 2 N–H and O–H groups in total. The first-order valence-corrected chi connectivity index (χ1v) is 6.45. The fourth-order valence-corrected chi connectivity index (χ4v) is 2.24. The van der Waals surface area contributed by atoms with Gasteiger partial charge in [0.25, 0.3) is 0 Å². The third-order valence-corrected chi connectivity index (χ3v) is 3.43. The number of aliphatic carboxylic acids is 1. The summed E-state index contributed by atoms with van der Waals surface area (Å²) in [6.45, 7) is 2.49. The minimum Gasteiger partial charge on any atom is -0.491 e. The lowest BCUT2D eigenvalue weighted by Crippen LogP contribution is -2.58. The topological polar surface area (TPSA) is 58.6 Å². The van der Waals surface area contributed by atoms with Crippen molar-refractivity contribution in [3.63, 3.8) is 0 Å². The molecule has 1 aliphatic rings.